The molecule has 0 heterocycles. The van der Waals surface area contributed by atoms with Gasteiger partial charge in [0.05, 0.1) is 5.60 Å². The summed E-state index contributed by atoms with van der Waals surface area (Å²) < 4.78 is 5.82. The lowest BCUT2D eigenvalue weighted by Gasteiger charge is -2.41. The van der Waals surface area contributed by atoms with E-state index in [0.717, 1.165) is 17.8 Å². The van der Waals surface area contributed by atoms with E-state index in [1.54, 1.807) is 0 Å². The van der Waals surface area contributed by atoms with Crippen LogP contribution in [0, 0.1) is 17.8 Å². The summed E-state index contributed by atoms with van der Waals surface area (Å²) in [6.07, 6.45) is 6.49. The fourth-order valence-corrected chi connectivity index (χ4v) is 3.07. The van der Waals surface area contributed by atoms with Crippen molar-refractivity contribution in [3.05, 3.63) is 0 Å². The van der Waals surface area contributed by atoms with Gasteiger partial charge in [0.2, 0.25) is 0 Å². The fourth-order valence-electron chi connectivity index (χ4n) is 3.07. The Kier molecular flexibility index (Phi) is 4.64. The molecule has 1 fully saturated rings. The highest BCUT2D eigenvalue weighted by Crippen LogP contribution is 2.40. The highest BCUT2D eigenvalue weighted by atomic mass is 16.5. The Hall–Kier alpha value is -0.0400. The molecule has 0 radical (unpaired) electrons. The van der Waals surface area contributed by atoms with Gasteiger partial charge in [0, 0.05) is 7.11 Å². The third-order valence-electron chi connectivity index (χ3n) is 4.10. The van der Waals surface area contributed by atoms with Crippen molar-refractivity contribution in [2.75, 3.05) is 7.11 Å². The van der Waals surface area contributed by atoms with E-state index < -0.39 is 0 Å². The molecule has 0 aromatic carbocycles. The van der Waals surface area contributed by atoms with Gasteiger partial charge < -0.3 is 4.74 Å². The van der Waals surface area contributed by atoms with Crippen molar-refractivity contribution in [1.29, 1.82) is 0 Å². The normalized spacial score (nSPS) is 32.6. The molecule has 0 bridgehead atoms. The van der Waals surface area contributed by atoms with Crippen LogP contribution in [0.2, 0.25) is 0 Å². The van der Waals surface area contributed by atoms with Crippen LogP contribution in [0.4, 0.5) is 0 Å². The SMILES string of the molecule is COC1(CC(C)C)CCC(C(C)C)CC1. The van der Waals surface area contributed by atoms with Crippen molar-refractivity contribution in [3.63, 3.8) is 0 Å². The summed E-state index contributed by atoms with van der Waals surface area (Å²) in [4.78, 5) is 0. The Morgan fingerprint density at radius 1 is 1.13 bits per heavy atom. The lowest BCUT2D eigenvalue weighted by molar-refractivity contribution is -0.0664. The molecule has 1 heteroatoms. The zero-order chi connectivity index (χ0) is 11.5. The summed E-state index contributed by atoms with van der Waals surface area (Å²) in [5.41, 5.74) is 0.208. The average Bonchev–Trinajstić information content (AvgIpc) is 2.17. The van der Waals surface area contributed by atoms with Gasteiger partial charge in [-0.1, -0.05) is 27.7 Å². The number of rotatable bonds is 4. The topological polar surface area (TPSA) is 9.23 Å². The Morgan fingerprint density at radius 2 is 1.67 bits per heavy atom. The quantitative estimate of drug-likeness (QED) is 0.676. The molecule has 0 amide bonds. The van der Waals surface area contributed by atoms with Gasteiger partial charge in [0.15, 0.2) is 0 Å². The maximum Gasteiger partial charge on any atom is 0.0681 e. The van der Waals surface area contributed by atoms with Gasteiger partial charge in [-0.2, -0.15) is 0 Å². The molecule has 1 aliphatic carbocycles. The molecule has 0 saturated heterocycles. The number of ether oxygens (including phenoxy) is 1. The van der Waals surface area contributed by atoms with E-state index >= 15 is 0 Å². The van der Waals surface area contributed by atoms with Crippen LogP contribution in [0.1, 0.15) is 59.8 Å². The van der Waals surface area contributed by atoms with Crippen molar-refractivity contribution in [2.24, 2.45) is 17.8 Å². The van der Waals surface area contributed by atoms with E-state index in [1.807, 2.05) is 7.11 Å². The molecule has 0 N–H and O–H groups in total. The van der Waals surface area contributed by atoms with Crippen molar-refractivity contribution >= 4 is 0 Å². The van der Waals surface area contributed by atoms with Crippen molar-refractivity contribution in [3.8, 4) is 0 Å². The first kappa shape index (κ1) is 13.0. The molecule has 1 nitrogen and oxygen atoms in total. The van der Waals surface area contributed by atoms with Crippen molar-refractivity contribution in [2.45, 2.75) is 65.4 Å². The standard InChI is InChI=1S/C14H28O/c1-11(2)10-14(15-5)8-6-13(7-9-14)12(3)4/h11-13H,6-10H2,1-5H3. The second-order valence-corrected chi connectivity index (χ2v) is 6.07. The smallest absolute Gasteiger partial charge is 0.0681 e. The summed E-state index contributed by atoms with van der Waals surface area (Å²) >= 11 is 0. The predicted molar refractivity (Wildman–Crippen MR) is 66.0 cm³/mol. The zero-order valence-electron chi connectivity index (χ0n) is 11.2. The Balaban J connectivity index is 2.50. The molecule has 90 valence electrons. The molecule has 0 spiro atoms. The van der Waals surface area contributed by atoms with E-state index in [9.17, 15) is 0 Å². The first-order valence-corrected chi connectivity index (χ1v) is 6.54. The molecule has 0 aromatic rings. The van der Waals surface area contributed by atoms with Crippen LogP contribution in [-0.4, -0.2) is 12.7 Å². The first-order valence-electron chi connectivity index (χ1n) is 6.54. The second kappa shape index (κ2) is 5.34. The second-order valence-electron chi connectivity index (χ2n) is 6.07. The van der Waals surface area contributed by atoms with Crippen LogP contribution in [0.25, 0.3) is 0 Å². The van der Waals surface area contributed by atoms with Crippen LogP contribution in [0.5, 0.6) is 0 Å². The average molecular weight is 212 g/mol. The van der Waals surface area contributed by atoms with E-state index in [-0.39, 0.29) is 5.60 Å². The van der Waals surface area contributed by atoms with Crippen LogP contribution in [0.3, 0.4) is 0 Å². The predicted octanol–water partition coefficient (Wildman–Crippen LogP) is 4.26. The Morgan fingerprint density at radius 3 is 2.00 bits per heavy atom. The molecule has 0 unspecified atom stereocenters. The maximum absolute atomic E-state index is 5.82. The minimum atomic E-state index is 0.208. The summed E-state index contributed by atoms with van der Waals surface area (Å²) in [6.45, 7) is 9.31. The lowest BCUT2D eigenvalue weighted by atomic mass is 9.72. The third kappa shape index (κ3) is 3.48. The molecule has 0 aromatic heterocycles. The van der Waals surface area contributed by atoms with E-state index in [4.69, 9.17) is 4.74 Å². The molecule has 1 rings (SSSR count). The first-order chi connectivity index (χ1) is 6.99. The van der Waals surface area contributed by atoms with Gasteiger partial charge in [-0.05, 0) is 49.9 Å². The lowest BCUT2D eigenvalue weighted by Crippen LogP contribution is -2.38. The molecule has 15 heavy (non-hydrogen) atoms. The minimum absolute atomic E-state index is 0.208. The summed E-state index contributed by atoms with van der Waals surface area (Å²) in [5.74, 6) is 2.53. The maximum atomic E-state index is 5.82. The Bertz CT molecular complexity index is 176. The van der Waals surface area contributed by atoms with Gasteiger partial charge >= 0.3 is 0 Å². The van der Waals surface area contributed by atoms with Gasteiger partial charge in [-0.3, -0.25) is 0 Å². The molecule has 1 saturated carbocycles. The fraction of sp³-hybridized carbons (Fsp3) is 1.00. The Labute approximate surface area is 95.6 Å². The third-order valence-corrected chi connectivity index (χ3v) is 4.10. The monoisotopic (exact) mass is 212 g/mol. The van der Waals surface area contributed by atoms with Crippen LogP contribution in [-0.2, 0) is 4.74 Å². The summed E-state index contributed by atoms with van der Waals surface area (Å²) in [7, 11) is 1.90. The van der Waals surface area contributed by atoms with Gasteiger partial charge in [-0.25, -0.2) is 0 Å². The zero-order valence-corrected chi connectivity index (χ0v) is 11.2. The highest BCUT2D eigenvalue weighted by molar-refractivity contribution is 4.88. The van der Waals surface area contributed by atoms with Crippen LogP contribution < -0.4 is 0 Å². The van der Waals surface area contributed by atoms with Crippen LogP contribution >= 0.6 is 0 Å². The van der Waals surface area contributed by atoms with E-state index in [0.29, 0.717) is 0 Å². The van der Waals surface area contributed by atoms with Crippen molar-refractivity contribution in [1.82, 2.24) is 0 Å². The van der Waals surface area contributed by atoms with Gasteiger partial charge in [-0.15, -0.1) is 0 Å². The van der Waals surface area contributed by atoms with Crippen molar-refractivity contribution < 1.29 is 4.74 Å². The molecule has 0 atom stereocenters. The van der Waals surface area contributed by atoms with Crippen LogP contribution in [0.15, 0.2) is 0 Å². The molecular formula is C14H28O. The van der Waals surface area contributed by atoms with Gasteiger partial charge in [0.25, 0.3) is 0 Å². The van der Waals surface area contributed by atoms with Gasteiger partial charge in [0.1, 0.15) is 0 Å². The number of methoxy groups -OCH3 is 1. The molecular weight excluding hydrogens is 184 g/mol. The highest BCUT2D eigenvalue weighted by Gasteiger charge is 2.36. The molecule has 0 aliphatic heterocycles. The number of hydrogen-bond acceptors (Lipinski definition) is 1. The largest absolute Gasteiger partial charge is 0.378 e. The summed E-state index contributed by atoms with van der Waals surface area (Å²) in [6, 6.07) is 0. The van der Waals surface area contributed by atoms with E-state index in [2.05, 4.69) is 27.7 Å². The number of hydrogen-bond donors (Lipinski definition) is 0. The summed E-state index contributed by atoms with van der Waals surface area (Å²) in [5, 5.41) is 0. The minimum Gasteiger partial charge on any atom is -0.378 e. The molecule has 1 aliphatic rings. The van der Waals surface area contributed by atoms with E-state index in [1.165, 1.54) is 32.1 Å².